The number of hydrogen-bond acceptors (Lipinski definition) is 3. The average Bonchev–Trinajstić information content (AvgIpc) is 2.82. The fourth-order valence-corrected chi connectivity index (χ4v) is 3.57. The lowest BCUT2D eigenvalue weighted by molar-refractivity contribution is -0.113. The molecule has 1 fully saturated rings. The summed E-state index contributed by atoms with van der Waals surface area (Å²) in [5.74, 6) is 0.159. The number of anilines is 1. The van der Waals surface area contributed by atoms with E-state index >= 15 is 0 Å². The standard InChI is InChI=1S/C17H11BrCl2N2O2S/c1-24-15-9(6-11(19)8-13(15)20)7-14-16(23)22(17(25)21-14)12-4-2-10(18)3-5-12/h2-8H,1H3,(H,21,25). The average molecular weight is 458 g/mol. The molecule has 2 aromatic rings. The molecule has 8 heteroatoms. The number of amides is 1. The summed E-state index contributed by atoms with van der Waals surface area (Å²) >= 11 is 20.9. The molecule has 0 radical (unpaired) electrons. The number of carbonyl (C=O) groups excluding carboxylic acids is 1. The predicted octanol–water partition coefficient (Wildman–Crippen LogP) is 5.03. The Hall–Kier alpha value is -1.60. The third-order valence-electron chi connectivity index (χ3n) is 3.50. The number of carbonyl (C=O) groups is 1. The number of rotatable bonds is 3. The van der Waals surface area contributed by atoms with Crippen molar-refractivity contribution in [1.82, 2.24) is 5.32 Å². The first kappa shape index (κ1) is 18.2. The zero-order valence-corrected chi connectivity index (χ0v) is 16.8. The van der Waals surface area contributed by atoms with Gasteiger partial charge in [0.1, 0.15) is 11.4 Å². The third-order valence-corrected chi connectivity index (χ3v) is 4.82. The Bertz CT molecular complexity index is 900. The Morgan fingerprint density at radius 2 is 1.92 bits per heavy atom. The van der Waals surface area contributed by atoms with Crippen LogP contribution in [-0.4, -0.2) is 18.1 Å². The van der Waals surface area contributed by atoms with Crippen molar-refractivity contribution < 1.29 is 9.53 Å². The van der Waals surface area contributed by atoms with Crippen LogP contribution in [-0.2, 0) is 4.79 Å². The van der Waals surface area contributed by atoms with Crippen molar-refractivity contribution >= 4 is 74.1 Å². The van der Waals surface area contributed by atoms with Crippen molar-refractivity contribution in [2.75, 3.05) is 12.0 Å². The van der Waals surface area contributed by atoms with Crippen LogP contribution in [0.5, 0.6) is 5.75 Å². The molecule has 4 nitrogen and oxygen atoms in total. The minimum atomic E-state index is -0.273. The molecule has 0 aromatic heterocycles. The summed E-state index contributed by atoms with van der Waals surface area (Å²) in [4.78, 5) is 14.2. The second kappa shape index (κ2) is 7.33. The Morgan fingerprint density at radius 3 is 2.56 bits per heavy atom. The van der Waals surface area contributed by atoms with Gasteiger partial charge in [-0.2, -0.15) is 0 Å². The first-order valence-corrected chi connectivity index (χ1v) is 9.02. The predicted molar refractivity (Wildman–Crippen MR) is 108 cm³/mol. The normalized spacial score (nSPS) is 15.7. The van der Waals surface area contributed by atoms with Gasteiger partial charge in [0.25, 0.3) is 5.91 Å². The van der Waals surface area contributed by atoms with Crippen LogP contribution in [0.15, 0.2) is 46.6 Å². The number of benzene rings is 2. The summed E-state index contributed by atoms with van der Waals surface area (Å²) in [5, 5.41) is 4.02. The number of hydrogen-bond donors (Lipinski definition) is 1. The SMILES string of the molecule is COc1c(Cl)cc(Cl)cc1C=C1NC(=S)N(c2ccc(Br)cc2)C1=O. The van der Waals surface area contributed by atoms with Crippen molar-refractivity contribution in [3.63, 3.8) is 0 Å². The molecular formula is C17H11BrCl2N2O2S. The van der Waals surface area contributed by atoms with Crippen molar-refractivity contribution in [3.8, 4) is 5.75 Å². The van der Waals surface area contributed by atoms with Crippen molar-refractivity contribution in [2.45, 2.75) is 0 Å². The van der Waals surface area contributed by atoms with Crippen LogP contribution in [0.1, 0.15) is 5.56 Å². The van der Waals surface area contributed by atoms with Crippen molar-refractivity contribution in [1.29, 1.82) is 0 Å². The van der Waals surface area contributed by atoms with Gasteiger partial charge in [0.05, 0.1) is 17.8 Å². The first-order chi connectivity index (χ1) is 11.9. The van der Waals surface area contributed by atoms with E-state index in [0.29, 0.717) is 37.9 Å². The van der Waals surface area contributed by atoms with Crippen LogP contribution in [0.2, 0.25) is 10.0 Å². The van der Waals surface area contributed by atoms with E-state index in [2.05, 4.69) is 21.2 Å². The fourth-order valence-electron chi connectivity index (χ4n) is 2.42. The summed E-state index contributed by atoms with van der Waals surface area (Å²) < 4.78 is 6.22. The van der Waals surface area contributed by atoms with Crippen molar-refractivity contribution in [2.24, 2.45) is 0 Å². The molecule has 0 atom stereocenters. The third kappa shape index (κ3) is 3.67. The lowest BCUT2D eigenvalue weighted by Gasteiger charge is -2.13. The lowest BCUT2D eigenvalue weighted by Crippen LogP contribution is -2.30. The molecule has 0 aliphatic carbocycles. The van der Waals surface area contributed by atoms with E-state index in [1.807, 2.05) is 12.1 Å². The van der Waals surface area contributed by atoms with Gasteiger partial charge in [-0.15, -0.1) is 0 Å². The highest BCUT2D eigenvalue weighted by Gasteiger charge is 2.32. The molecule has 25 heavy (non-hydrogen) atoms. The number of methoxy groups -OCH3 is 1. The topological polar surface area (TPSA) is 41.6 Å². The van der Waals surface area contributed by atoms with Gasteiger partial charge < -0.3 is 10.1 Å². The lowest BCUT2D eigenvalue weighted by atomic mass is 10.1. The number of nitrogens with zero attached hydrogens (tertiary/aromatic N) is 1. The molecule has 0 bridgehead atoms. The smallest absolute Gasteiger partial charge is 0.281 e. The van der Waals surface area contributed by atoms with Gasteiger partial charge in [-0.3, -0.25) is 9.69 Å². The van der Waals surface area contributed by atoms with Crippen LogP contribution >= 0.6 is 51.3 Å². The van der Waals surface area contributed by atoms with E-state index in [1.54, 1.807) is 30.3 Å². The number of halogens is 3. The number of thiocarbonyl (C=S) groups is 1. The molecule has 0 unspecified atom stereocenters. The minimum Gasteiger partial charge on any atom is -0.495 e. The first-order valence-electron chi connectivity index (χ1n) is 7.06. The molecule has 1 saturated heterocycles. The zero-order chi connectivity index (χ0) is 18.1. The molecule has 2 aromatic carbocycles. The van der Waals surface area contributed by atoms with E-state index in [0.717, 1.165) is 4.47 Å². The van der Waals surface area contributed by atoms with Crippen LogP contribution in [0, 0.1) is 0 Å². The quantitative estimate of drug-likeness (QED) is 0.518. The Kier molecular flexibility index (Phi) is 5.34. The highest BCUT2D eigenvalue weighted by Crippen LogP contribution is 2.34. The Balaban J connectivity index is 2.00. The summed E-state index contributed by atoms with van der Waals surface area (Å²) in [6.45, 7) is 0. The monoisotopic (exact) mass is 456 g/mol. The second-order valence-electron chi connectivity index (χ2n) is 5.12. The van der Waals surface area contributed by atoms with Gasteiger partial charge in [0, 0.05) is 15.1 Å². The van der Waals surface area contributed by atoms with Crippen LogP contribution < -0.4 is 15.0 Å². The summed E-state index contributed by atoms with van der Waals surface area (Å²) in [6.07, 6.45) is 1.62. The summed E-state index contributed by atoms with van der Waals surface area (Å²) in [6, 6.07) is 10.5. The Morgan fingerprint density at radius 1 is 1.24 bits per heavy atom. The molecule has 128 valence electrons. The van der Waals surface area contributed by atoms with Crippen molar-refractivity contribution in [3.05, 3.63) is 62.2 Å². The van der Waals surface area contributed by atoms with Gasteiger partial charge in [0.15, 0.2) is 5.11 Å². The van der Waals surface area contributed by atoms with Gasteiger partial charge in [0.2, 0.25) is 0 Å². The van der Waals surface area contributed by atoms with Crippen LogP contribution in [0.3, 0.4) is 0 Å². The maximum absolute atomic E-state index is 12.8. The van der Waals surface area contributed by atoms with Crippen LogP contribution in [0.4, 0.5) is 5.69 Å². The molecule has 3 rings (SSSR count). The van der Waals surface area contributed by atoms with E-state index in [9.17, 15) is 4.79 Å². The molecule has 1 amide bonds. The van der Waals surface area contributed by atoms with Gasteiger partial charge in [-0.05, 0) is 54.7 Å². The van der Waals surface area contributed by atoms with Crippen LogP contribution in [0.25, 0.3) is 6.08 Å². The van der Waals surface area contributed by atoms with E-state index in [-0.39, 0.29) is 5.91 Å². The summed E-state index contributed by atoms with van der Waals surface area (Å²) in [7, 11) is 1.50. The number of nitrogens with one attached hydrogen (secondary N) is 1. The fraction of sp³-hybridized carbons (Fsp3) is 0.0588. The zero-order valence-electron chi connectivity index (χ0n) is 12.8. The maximum Gasteiger partial charge on any atom is 0.281 e. The maximum atomic E-state index is 12.8. The molecule has 0 spiro atoms. The van der Waals surface area contributed by atoms with Gasteiger partial charge in [-0.1, -0.05) is 39.1 Å². The molecule has 0 saturated carbocycles. The van der Waals surface area contributed by atoms with E-state index in [4.69, 9.17) is 40.2 Å². The van der Waals surface area contributed by atoms with E-state index < -0.39 is 0 Å². The molecule has 1 aliphatic rings. The summed E-state index contributed by atoms with van der Waals surface area (Å²) in [5.41, 5.74) is 1.56. The van der Waals surface area contributed by atoms with E-state index in [1.165, 1.54) is 12.0 Å². The Labute approximate surface area is 168 Å². The van der Waals surface area contributed by atoms with Gasteiger partial charge in [-0.25, -0.2) is 0 Å². The molecule has 1 N–H and O–H groups in total. The molecule has 1 heterocycles. The minimum absolute atomic E-state index is 0.273. The largest absolute Gasteiger partial charge is 0.495 e. The van der Waals surface area contributed by atoms with Gasteiger partial charge >= 0.3 is 0 Å². The second-order valence-corrected chi connectivity index (χ2v) is 7.26. The molecular weight excluding hydrogens is 447 g/mol. The highest BCUT2D eigenvalue weighted by molar-refractivity contribution is 9.10. The molecule has 1 aliphatic heterocycles. The highest BCUT2D eigenvalue weighted by atomic mass is 79.9. The number of ether oxygens (including phenoxy) is 1.